The Morgan fingerprint density at radius 2 is 1.61 bits per heavy atom. The minimum absolute atomic E-state index is 0.135. The van der Waals surface area contributed by atoms with Crippen molar-refractivity contribution >= 4 is 11.6 Å². The predicted molar refractivity (Wildman–Crippen MR) is 71.0 cm³/mol. The Morgan fingerprint density at radius 3 is 2.17 bits per heavy atom. The van der Waals surface area contributed by atoms with Gasteiger partial charge in [-0.3, -0.25) is 0 Å². The molecule has 4 nitrogen and oxygen atoms in total. The number of halogens is 1. The van der Waals surface area contributed by atoms with Crippen LogP contribution in [0.5, 0.6) is 6.01 Å². The maximum atomic E-state index is 5.87. The highest BCUT2D eigenvalue weighted by molar-refractivity contribution is 6.28. The third-order valence-electron chi connectivity index (χ3n) is 2.67. The van der Waals surface area contributed by atoms with E-state index in [0.29, 0.717) is 5.82 Å². The lowest BCUT2D eigenvalue weighted by atomic mass is 9.99. The molecule has 1 heterocycles. The normalized spacial score (nSPS) is 10.5. The molecule has 0 atom stereocenters. The molecule has 0 unspecified atom stereocenters. The van der Waals surface area contributed by atoms with Crippen LogP contribution in [-0.4, -0.2) is 22.1 Å². The van der Waals surface area contributed by atoms with Crippen LogP contribution in [0, 0.1) is 20.8 Å². The number of aromatic nitrogens is 3. The van der Waals surface area contributed by atoms with Crippen LogP contribution in [0.1, 0.15) is 16.7 Å². The molecule has 0 saturated heterocycles. The molecule has 0 bridgehead atoms. The standard InChI is InChI=1S/C13H14ClN3O/c1-7-5-8(2)10(9(3)6-7)11-15-12(14)17-13(16-11)18-4/h5-6H,1-4H3. The Kier molecular flexibility index (Phi) is 3.48. The van der Waals surface area contributed by atoms with Gasteiger partial charge in [-0.15, -0.1) is 0 Å². The second kappa shape index (κ2) is 4.90. The fourth-order valence-corrected chi connectivity index (χ4v) is 2.22. The number of ether oxygens (including phenoxy) is 1. The first-order chi connectivity index (χ1) is 8.51. The van der Waals surface area contributed by atoms with Crippen LogP contribution in [0.3, 0.4) is 0 Å². The molecule has 0 saturated carbocycles. The van der Waals surface area contributed by atoms with Gasteiger partial charge in [-0.05, 0) is 43.5 Å². The van der Waals surface area contributed by atoms with E-state index < -0.39 is 0 Å². The van der Waals surface area contributed by atoms with Crippen LogP contribution < -0.4 is 4.74 Å². The lowest BCUT2D eigenvalue weighted by molar-refractivity contribution is 0.379. The molecule has 0 N–H and O–H groups in total. The molecule has 2 rings (SSSR count). The number of benzene rings is 1. The van der Waals surface area contributed by atoms with Crippen molar-refractivity contribution in [3.63, 3.8) is 0 Å². The van der Waals surface area contributed by atoms with E-state index in [0.717, 1.165) is 16.7 Å². The molecular formula is C13H14ClN3O. The van der Waals surface area contributed by atoms with Crippen LogP contribution in [-0.2, 0) is 0 Å². The van der Waals surface area contributed by atoms with E-state index in [-0.39, 0.29) is 11.3 Å². The van der Waals surface area contributed by atoms with Crippen molar-refractivity contribution in [3.05, 3.63) is 34.1 Å². The van der Waals surface area contributed by atoms with E-state index >= 15 is 0 Å². The summed E-state index contributed by atoms with van der Waals surface area (Å²) >= 11 is 5.87. The lowest BCUT2D eigenvalue weighted by Crippen LogP contribution is -2.00. The summed E-state index contributed by atoms with van der Waals surface area (Å²) in [7, 11) is 1.50. The summed E-state index contributed by atoms with van der Waals surface area (Å²) in [6.45, 7) is 6.11. The number of methoxy groups -OCH3 is 1. The molecule has 0 radical (unpaired) electrons. The fraction of sp³-hybridized carbons (Fsp3) is 0.308. The van der Waals surface area contributed by atoms with Gasteiger partial charge in [-0.2, -0.15) is 15.0 Å². The molecule has 5 heteroatoms. The van der Waals surface area contributed by atoms with Crippen LogP contribution in [0.2, 0.25) is 5.28 Å². The van der Waals surface area contributed by atoms with Crippen molar-refractivity contribution in [2.24, 2.45) is 0 Å². The van der Waals surface area contributed by atoms with Gasteiger partial charge in [0.05, 0.1) is 7.11 Å². The average Bonchev–Trinajstić information content (AvgIpc) is 2.26. The third kappa shape index (κ3) is 2.43. The Hall–Kier alpha value is -1.68. The van der Waals surface area contributed by atoms with Crippen LogP contribution in [0.15, 0.2) is 12.1 Å². The first kappa shape index (κ1) is 12.8. The molecule has 1 aromatic heterocycles. The second-order valence-electron chi connectivity index (χ2n) is 4.19. The maximum Gasteiger partial charge on any atom is 0.321 e. The smallest absolute Gasteiger partial charge is 0.321 e. The number of nitrogens with zero attached hydrogens (tertiary/aromatic N) is 3. The highest BCUT2D eigenvalue weighted by atomic mass is 35.5. The van der Waals surface area contributed by atoms with Gasteiger partial charge in [0.25, 0.3) is 0 Å². The van der Waals surface area contributed by atoms with Crippen molar-refractivity contribution in [2.45, 2.75) is 20.8 Å². The average molecular weight is 264 g/mol. The van der Waals surface area contributed by atoms with Gasteiger partial charge in [0.2, 0.25) is 5.28 Å². The molecular weight excluding hydrogens is 250 g/mol. The second-order valence-corrected chi connectivity index (χ2v) is 4.53. The number of hydrogen-bond acceptors (Lipinski definition) is 4. The van der Waals surface area contributed by atoms with E-state index in [2.05, 4.69) is 34.0 Å². The molecule has 0 spiro atoms. The van der Waals surface area contributed by atoms with E-state index in [1.165, 1.54) is 12.7 Å². The monoisotopic (exact) mass is 263 g/mol. The van der Waals surface area contributed by atoms with Crippen molar-refractivity contribution in [1.82, 2.24) is 15.0 Å². The third-order valence-corrected chi connectivity index (χ3v) is 2.84. The van der Waals surface area contributed by atoms with E-state index in [9.17, 15) is 0 Å². The highest BCUT2D eigenvalue weighted by Gasteiger charge is 2.12. The summed E-state index contributed by atoms with van der Waals surface area (Å²) < 4.78 is 5.01. The first-order valence-corrected chi connectivity index (χ1v) is 5.93. The molecule has 94 valence electrons. The molecule has 0 fully saturated rings. The first-order valence-electron chi connectivity index (χ1n) is 5.55. The van der Waals surface area contributed by atoms with Crippen molar-refractivity contribution in [3.8, 4) is 17.4 Å². The summed E-state index contributed by atoms with van der Waals surface area (Å²) in [6, 6.07) is 4.41. The summed E-state index contributed by atoms with van der Waals surface area (Å²) in [4.78, 5) is 12.3. The maximum absolute atomic E-state index is 5.87. The van der Waals surface area contributed by atoms with Gasteiger partial charge in [0.15, 0.2) is 5.82 Å². The highest BCUT2D eigenvalue weighted by Crippen LogP contribution is 2.27. The zero-order valence-corrected chi connectivity index (χ0v) is 11.5. The van der Waals surface area contributed by atoms with Crippen LogP contribution >= 0.6 is 11.6 Å². The van der Waals surface area contributed by atoms with Gasteiger partial charge in [-0.1, -0.05) is 17.7 Å². The summed E-state index contributed by atoms with van der Waals surface area (Å²) in [5.41, 5.74) is 4.40. The Labute approximate surface area is 111 Å². The largest absolute Gasteiger partial charge is 0.467 e. The number of hydrogen-bond donors (Lipinski definition) is 0. The molecule has 0 aliphatic heterocycles. The van der Waals surface area contributed by atoms with Gasteiger partial charge in [0, 0.05) is 5.56 Å². The molecule has 18 heavy (non-hydrogen) atoms. The predicted octanol–water partition coefficient (Wildman–Crippen LogP) is 3.13. The Balaban J connectivity index is 2.65. The Morgan fingerprint density at radius 1 is 1.00 bits per heavy atom. The van der Waals surface area contributed by atoms with Crippen molar-refractivity contribution < 1.29 is 4.74 Å². The van der Waals surface area contributed by atoms with Gasteiger partial charge in [0.1, 0.15) is 0 Å². The molecule has 0 amide bonds. The minimum Gasteiger partial charge on any atom is -0.467 e. The molecule has 0 aliphatic rings. The molecule has 1 aromatic carbocycles. The molecule has 0 aliphatic carbocycles. The topological polar surface area (TPSA) is 47.9 Å². The minimum atomic E-state index is 0.135. The fourth-order valence-electron chi connectivity index (χ4n) is 2.07. The SMILES string of the molecule is COc1nc(Cl)nc(-c2c(C)cc(C)cc2C)n1. The number of rotatable bonds is 2. The molecule has 2 aromatic rings. The van der Waals surface area contributed by atoms with E-state index in [1.807, 2.05) is 13.8 Å². The zero-order valence-electron chi connectivity index (χ0n) is 10.8. The van der Waals surface area contributed by atoms with E-state index in [1.54, 1.807) is 0 Å². The lowest BCUT2D eigenvalue weighted by Gasteiger charge is -2.10. The van der Waals surface area contributed by atoms with Crippen molar-refractivity contribution in [1.29, 1.82) is 0 Å². The zero-order chi connectivity index (χ0) is 13.3. The summed E-state index contributed by atoms with van der Waals surface area (Å²) in [5, 5.41) is 0.135. The Bertz CT molecular complexity index is 576. The van der Waals surface area contributed by atoms with Gasteiger partial charge >= 0.3 is 6.01 Å². The van der Waals surface area contributed by atoms with Crippen LogP contribution in [0.25, 0.3) is 11.4 Å². The van der Waals surface area contributed by atoms with Crippen molar-refractivity contribution in [2.75, 3.05) is 7.11 Å². The van der Waals surface area contributed by atoms with Crippen LogP contribution in [0.4, 0.5) is 0 Å². The quantitative estimate of drug-likeness (QED) is 0.835. The van der Waals surface area contributed by atoms with E-state index in [4.69, 9.17) is 16.3 Å². The number of aryl methyl sites for hydroxylation is 3. The van der Waals surface area contributed by atoms with Gasteiger partial charge < -0.3 is 4.74 Å². The summed E-state index contributed by atoms with van der Waals surface area (Å²) in [6.07, 6.45) is 0. The van der Waals surface area contributed by atoms with Gasteiger partial charge in [-0.25, -0.2) is 0 Å². The summed E-state index contributed by atoms with van der Waals surface area (Å²) in [5.74, 6) is 0.543.